The molecule has 0 spiro atoms. The number of nitrogens with one attached hydrogen (secondary N) is 1. The van der Waals surface area contributed by atoms with Crippen molar-refractivity contribution in [2.45, 2.75) is 38.8 Å². The zero-order valence-corrected chi connectivity index (χ0v) is 20.0. The molecule has 1 atom stereocenters. The van der Waals surface area contributed by atoms with Gasteiger partial charge in [-0.05, 0) is 32.9 Å². The predicted molar refractivity (Wildman–Crippen MR) is 97.8 cm³/mol. The summed E-state index contributed by atoms with van der Waals surface area (Å²) in [4.78, 5) is 25.2. The van der Waals surface area contributed by atoms with Crippen LogP contribution in [0.5, 0.6) is 0 Å². The van der Waals surface area contributed by atoms with Gasteiger partial charge in [-0.3, -0.25) is 0 Å². The Balaban J connectivity index is 0.00000320. The molecule has 12 nitrogen and oxygen atoms in total. The average molecular weight is 451 g/mol. The smallest absolute Gasteiger partial charge is 0.724 e. The Morgan fingerprint density at radius 3 is 2.73 bits per heavy atom. The van der Waals surface area contributed by atoms with Gasteiger partial charge in [-0.2, -0.15) is 14.4 Å². The molecule has 1 aromatic heterocycles. The fraction of sp³-hybridized carbons (Fsp3) is 0.562. The molecule has 3 heterocycles. The maximum Gasteiger partial charge on any atom is 1.00 e. The van der Waals surface area contributed by atoms with E-state index in [2.05, 4.69) is 14.7 Å². The fourth-order valence-corrected chi connectivity index (χ4v) is 3.35. The molecule has 160 valence electrons. The number of aromatic nitrogens is 2. The Bertz CT molecular complexity index is 940. The minimum Gasteiger partial charge on any atom is -0.724 e. The summed E-state index contributed by atoms with van der Waals surface area (Å²) in [5, 5.41) is 7.61. The van der Waals surface area contributed by atoms with Crippen molar-refractivity contribution in [3.8, 4) is 0 Å². The number of rotatable bonds is 6. The molecule has 1 unspecified atom stereocenters. The van der Waals surface area contributed by atoms with Crippen molar-refractivity contribution in [2.75, 3.05) is 19.6 Å². The predicted octanol–water partition coefficient (Wildman–Crippen LogP) is -2.69. The quantitative estimate of drug-likeness (QED) is 0.279. The summed E-state index contributed by atoms with van der Waals surface area (Å²) >= 11 is 0. The molecule has 0 saturated carbocycles. The van der Waals surface area contributed by atoms with Crippen LogP contribution >= 0.6 is 0 Å². The number of nitrogens with zero attached hydrogens (tertiary/aromatic N) is 4. The van der Waals surface area contributed by atoms with Crippen LogP contribution in [-0.2, 0) is 25.8 Å². The number of amides is 3. The van der Waals surface area contributed by atoms with E-state index in [-0.39, 0.29) is 42.6 Å². The van der Waals surface area contributed by atoms with Gasteiger partial charge >= 0.3 is 41.7 Å². The van der Waals surface area contributed by atoms with Crippen molar-refractivity contribution in [1.29, 1.82) is 0 Å². The Kier molecular flexibility index (Phi) is 7.59. The Hall–Kier alpha value is -1.64. The van der Waals surface area contributed by atoms with E-state index in [0.29, 0.717) is 29.4 Å². The van der Waals surface area contributed by atoms with Crippen molar-refractivity contribution in [2.24, 2.45) is 0 Å². The number of urea groups is 1. The van der Waals surface area contributed by atoms with Crippen LogP contribution in [0.25, 0.3) is 5.70 Å². The second-order valence-electron chi connectivity index (χ2n) is 7.63. The second-order valence-corrected chi connectivity index (χ2v) is 8.59. The summed E-state index contributed by atoms with van der Waals surface area (Å²) in [7, 11) is -5.05. The average Bonchev–Trinajstić information content (AvgIpc) is 3.12. The zero-order valence-electron chi connectivity index (χ0n) is 17.2. The number of hydrogen-bond donors (Lipinski definition) is 1. The Morgan fingerprint density at radius 2 is 2.10 bits per heavy atom. The van der Waals surface area contributed by atoms with Crippen LogP contribution < -0.4 is 34.9 Å². The summed E-state index contributed by atoms with van der Waals surface area (Å²) < 4.78 is 43.5. The third-order valence-corrected chi connectivity index (χ3v) is 4.41. The first-order valence-corrected chi connectivity index (χ1v) is 10.2. The van der Waals surface area contributed by atoms with E-state index in [1.54, 1.807) is 43.8 Å². The van der Waals surface area contributed by atoms with E-state index in [1.807, 2.05) is 0 Å². The van der Waals surface area contributed by atoms with Crippen molar-refractivity contribution < 1.29 is 61.1 Å². The van der Waals surface area contributed by atoms with Crippen molar-refractivity contribution >= 4 is 28.2 Å². The minimum atomic E-state index is -5.05. The third kappa shape index (κ3) is 6.43. The van der Waals surface area contributed by atoms with Crippen LogP contribution in [0.3, 0.4) is 0 Å². The van der Waals surface area contributed by atoms with E-state index >= 15 is 0 Å². The molecule has 2 bridgehead atoms. The number of hydroxylamine groups is 2. The molecule has 2 aliphatic rings. The first-order valence-electron chi connectivity index (χ1n) is 8.87. The third-order valence-electron chi connectivity index (χ3n) is 4.06. The van der Waals surface area contributed by atoms with Gasteiger partial charge in [-0.25, -0.2) is 22.7 Å². The van der Waals surface area contributed by atoms with Gasteiger partial charge in [-0.15, -0.1) is 0 Å². The van der Waals surface area contributed by atoms with Crippen LogP contribution in [0, 0.1) is 0 Å². The first kappa shape index (κ1) is 24.6. The molecule has 0 radical (unpaired) electrons. The van der Waals surface area contributed by atoms with E-state index < -0.39 is 34.2 Å². The molecule has 0 aliphatic carbocycles. The van der Waals surface area contributed by atoms with Crippen LogP contribution in [-0.4, -0.2) is 76.1 Å². The SMILES string of the molecule is CC(C)(C)OC(=O)NCCc1ccn(C2=CC3CN(C2)C(=O)N3OS(=O)(=O)[O-])n1.[Na+]. The van der Waals surface area contributed by atoms with E-state index in [4.69, 9.17) is 4.74 Å². The van der Waals surface area contributed by atoms with Crippen LogP contribution in [0.15, 0.2) is 18.3 Å². The van der Waals surface area contributed by atoms with E-state index in [0.717, 1.165) is 0 Å². The van der Waals surface area contributed by atoms with Crippen LogP contribution in [0.1, 0.15) is 26.5 Å². The number of carbonyl (C=O) groups is 2. The maximum absolute atomic E-state index is 12.2. The molecule has 3 amide bonds. The zero-order chi connectivity index (χ0) is 21.4. The molecular weight excluding hydrogens is 429 g/mol. The normalized spacial score (nSPS) is 18.7. The molecule has 1 saturated heterocycles. The Morgan fingerprint density at radius 1 is 1.40 bits per heavy atom. The number of hydrogen-bond acceptors (Lipinski definition) is 8. The number of carbonyl (C=O) groups excluding carboxylic acids is 2. The Labute approximate surface area is 196 Å². The summed E-state index contributed by atoms with van der Waals surface area (Å²) in [5.74, 6) is 0. The van der Waals surface area contributed by atoms with Crippen LogP contribution in [0.2, 0.25) is 0 Å². The molecule has 1 aromatic rings. The molecule has 2 aliphatic heterocycles. The molecule has 1 N–H and O–H groups in total. The van der Waals surface area contributed by atoms with Gasteiger partial charge in [-0.1, -0.05) is 0 Å². The van der Waals surface area contributed by atoms with Gasteiger partial charge in [0, 0.05) is 25.7 Å². The van der Waals surface area contributed by atoms with Gasteiger partial charge in [0.25, 0.3) is 0 Å². The largest absolute Gasteiger partial charge is 1.00 e. The maximum atomic E-state index is 12.2. The summed E-state index contributed by atoms with van der Waals surface area (Å²) in [6.07, 6.45) is 3.28. The van der Waals surface area contributed by atoms with Gasteiger partial charge in [0.2, 0.25) is 10.4 Å². The summed E-state index contributed by atoms with van der Waals surface area (Å²) in [6, 6.07) is 0.354. The fourth-order valence-electron chi connectivity index (χ4n) is 2.98. The van der Waals surface area contributed by atoms with Crippen molar-refractivity contribution in [1.82, 2.24) is 25.1 Å². The monoisotopic (exact) mass is 451 g/mol. The molecule has 30 heavy (non-hydrogen) atoms. The number of alkyl carbamates (subject to hydrolysis) is 1. The first-order chi connectivity index (χ1) is 13.4. The van der Waals surface area contributed by atoms with Crippen molar-refractivity contribution in [3.63, 3.8) is 0 Å². The number of ether oxygens (including phenoxy) is 1. The van der Waals surface area contributed by atoms with Crippen LogP contribution in [0.4, 0.5) is 9.59 Å². The molecule has 3 rings (SSSR count). The van der Waals surface area contributed by atoms with E-state index in [9.17, 15) is 22.6 Å². The summed E-state index contributed by atoms with van der Waals surface area (Å²) in [6.45, 7) is 6.06. The molecule has 14 heteroatoms. The van der Waals surface area contributed by atoms with Crippen molar-refractivity contribution in [3.05, 3.63) is 24.0 Å². The molecule has 1 fully saturated rings. The molecule has 0 aromatic carbocycles. The minimum absolute atomic E-state index is 0. The standard InChI is InChI=1S/C16H23N5O7S.Na/c1-16(2,3)27-14(22)17-6-4-11-5-7-20(18-11)12-8-13-10-19(9-12)15(23)21(13)28-29(24,25)26;/h5,7-8,13H,4,6,9-10H2,1-3H3,(H,17,22)(H,24,25,26);/q;+1/p-1. The summed E-state index contributed by atoms with van der Waals surface area (Å²) in [5.41, 5.74) is 0.764. The van der Waals surface area contributed by atoms with Gasteiger partial charge < -0.3 is 19.5 Å². The van der Waals surface area contributed by atoms with Gasteiger partial charge in [0.15, 0.2) is 0 Å². The van der Waals surface area contributed by atoms with Gasteiger partial charge in [0.05, 0.1) is 17.9 Å². The topological polar surface area (TPSA) is 146 Å². The molecular formula is C16H22N5NaO7S. The number of fused-ring (bicyclic) bond motifs is 2. The van der Waals surface area contributed by atoms with Gasteiger partial charge in [0.1, 0.15) is 11.6 Å². The second kappa shape index (κ2) is 9.24. The van der Waals surface area contributed by atoms with E-state index in [1.165, 1.54) is 4.90 Å².